The number of pyridine rings is 1. The monoisotopic (exact) mass is 254 g/mol. The van der Waals surface area contributed by atoms with Gasteiger partial charge in [0.2, 0.25) is 0 Å². The lowest BCUT2D eigenvalue weighted by Crippen LogP contribution is -2.32. The highest BCUT2D eigenvalue weighted by Gasteiger charge is 2.08. The van der Waals surface area contributed by atoms with Gasteiger partial charge in [-0.15, -0.1) is 11.8 Å². The standard InChI is InChI=1S/C13H22N2OS/c1-4-14-12(5-6-16)9-17-13-8-10(2)7-11(3)15-13/h7-8,12,14,16H,4-6,9H2,1-3H3. The van der Waals surface area contributed by atoms with Crippen LogP contribution in [0.2, 0.25) is 0 Å². The first-order chi connectivity index (χ1) is 8.15. The van der Waals surface area contributed by atoms with E-state index in [0.717, 1.165) is 29.4 Å². The fraction of sp³-hybridized carbons (Fsp3) is 0.615. The van der Waals surface area contributed by atoms with Crippen LogP contribution < -0.4 is 5.32 Å². The van der Waals surface area contributed by atoms with Gasteiger partial charge in [0, 0.05) is 24.1 Å². The summed E-state index contributed by atoms with van der Waals surface area (Å²) in [6.45, 7) is 7.37. The van der Waals surface area contributed by atoms with Crippen molar-refractivity contribution in [1.29, 1.82) is 0 Å². The molecule has 0 aromatic carbocycles. The molecule has 0 radical (unpaired) electrons. The highest BCUT2D eigenvalue weighted by molar-refractivity contribution is 7.99. The fourth-order valence-electron chi connectivity index (χ4n) is 1.75. The molecule has 0 fully saturated rings. The molecule has 1 aromatic heterocycles. The first-order valence-electron chi connectivity index (χ1n) is 6.08. The van der Waals surface area contributed by atoms with Crippen molar-refractivity contribution < 1.29 is 5.11 Å². The Balaban J connectivity index is 2.52. The van der Waals surface area contributed by atoms with Crippen LogP contribution in [0.3, 0.4) is 0 Å². The Bertz CT molecular complexity index is 318. The van der Waals surface area contributed by atoms with Crippen LogP contribution in [-0.2, 0) is 0 Å². The van der Waals surface area contributed by atoms with Crippen LogP contribution in [-0.4, -0.2) is 35.0 Å². The maximum atomic E-state index is 8.98. The van der Waals surface area contributed by atoms with E-state index in [4.69, 9.17) is 5.11 Å². The molecule has 0 aliphatic carbocycles. The third kappa shape index (κ3) is 5.52. The number of hydrogen-bond donors (Lipinski definition) is 2. The van der Waals surface area contributed by atoms with E-state index in [1.165, 1.54) is 5.56 Å². The minimum absolute atomic E-state index is 0.235. The summed E-state index contributed by atoms with van der Waals surface area (Å²) in [5.74, 6) is 0.949. The number of aromatic nitrogens is 1. The molecule has 1 unspecified atom stereocenters. The number of aryl methyl sites for hydroxylation is 2. The van der Waals surface area contributed by atoms with Gasteiger partial charge < -0.3 is 10.4 Å². The zero-order chi connectivity index (χ0) is 12.7. The van der Waals surface area contributed by atoms with Crippen LogP contribution in [0.4, 0.5) is 0 Å². The van der Waals surface area contributed by atoms with Gasteiger partial charge in [-0.1, -0.05) is 6.92 Å². The summed E-state index contributed by atoms with van der Waals surface area (Å²) in [6, 6.07) is 4.55. The number of aliphatic hydroxyl groups is 1. The third-order valence-corrected chi connectivity index (χ3v) is 3.55. The Labute approximate surface area is 108 Å². The molecule has 4 heteroatoms. The second-order valence-corrected chi connectivity index (χ2v) is 5.24. The molecule has 0 spiro atoms. The fourth-order valence-corrected chi connectivity index (χ4v) is 2.89. The molecular formula is C13H22N2OS. The molecule has 1 heterocycles. The molecule has 0 aliphatic rings. The first kappa shape index (κ1) is 14.5. The van der Waals surface area contributed by atoms with Gasteiger partial charge in [0.05, 0.1) is 5.03 Å². The van der Waals surface area contributed by atoms with Gasteiger partial charge in [-0.05, 0) is 44.5 Å². The Morgan fingerprint density at radius 1 is 1.41 bits per heavy atom. The van der Waals surface area contributed by atoms with E-state index in [0.29, 0.717) is 6.04 Å². The van der Waals surface area contributed by atoms with Crippen molar-refractivity contribution >= 4 is 11.8 Å². The molecule has 0 saturated carbocycles. The van der Waals surface area contributed by atoms with E-state index >= 15 is 0 Å². The van der Waals surface area contributed by atoms with E-state index in [9.17, 15) is 0 Å². The van der Waals surface area contributed by atoms with Crippen molar-refractivity contribution in [2.75, 3.05) is 18.9 Å². The summed E-state index contributed by atoms with van der Waals surface area (Å²) in [6.07, 6.45) is 0.797. The minimum Gasteiger partial charge on any atom is -0.396 e. The van der Waals surface area contributed by atoms with Gasteiger partial charge in [0.25, 0.3) is 0 Å². The Hall–Kier alpha value is -0.580. The molecule has 1 atom stereocenters. The number of hydrogen-bond acceptors (Lipinski definition) is 4. The van der Waals surface area contributed by atoms with Crippen LogP contribution in [0, 0.1) is 13.8 Å². The summed E-state index contributed by atoms with van der Waals surface area (Å²) < 4.78 is 0. The van der Waals surface area contributed by atoms with Gasteiger partial charge in [-0.25, -0.2) is 4.98 Å². The highest BCUT2D eigenvalue weighted by atomic mass is 32.2. The Kier molecular flexibility index (Phi) is 6.55. The van der Waals surface area contributed by atoms with E-state index in [-0.39, 0.29) is 6.61 Å². The molecule has 0 amide bonds. The second-order valence-electron chi connectivity index (χ2n) is 4.20. The van der Waals surface area contributed by atoms with Crippen LogP contribution in [0.1, 0.15) is 24.6 Å². The topological polar surface area (TPSA) is 45.1 Å². The average Bonchev–Trinajstić information content (AvgIpc) is 2.25. The summed E-state index contributed by atoms with van der Waals surface area (Å²) in [5.41, 5.74) is 2.32. The number of thioether (sulfide) groups is 1. The van der Waals surface area contributed by atoms with Crippen molar-refractivity contribution in [2.24, 2.45) is 0 Å². The zero-order valence-corrected chi connectivity index (χ0v) is 11.7. The number of rotatable bonds is 7. The van der Waals surface area contributed by atoms with Crippen molar-refractivity contribution in [3.63, 3.8) is 0 Å². The van der Waals surface area contributed by atoms with Gasteiger partial charge >= 0.3 is 0 Å². The quantitative estimate of drug-likeness (QED) is 0.732. The van der Waals surface area contributed by atoms with Crippen molar-refractivity contribution in [3.05, 3.63) is 23.4 Å². The molecule has 96 valence electrons. The minimum atomic E-state index is 0.235. The molecule has 1 aromatic rings. The second kappa shape index (κ2) is 7.69. The van der Waals surface area contributed by atoms with Gasteiger partial charge in [-0.3, -0.25) is 0 Å². The SMILES string of the molecule is CCNC(CCO)CSc1cc(C)cc(C)n1. The average molecular weight is 254 g/mol. The Morgan fingerprint density at radius 3 is 2.76 bits per heavy atom. The van der Waals surface area contributed by atoms with E-state index in [1.54, 1.807) is 11.8 Å². The van der Waals surface area contributed by atoms with E-state index < -0.39 is 0 Å². The van der Waals surface area contributed by atoms with Gasteiger partial charge in [0.1, 0.15) is 0 Å². The molecule has 2 N–H and O–H groups in total. The molecule has 0 aliphatic heterocycles. The largest absolute Gasteiger partial charge is 0.396 e. The maximum Gasteiger partial charge on any atom is 0.0966 e. The molecule has 1 rings (SSSR count). The summed E-state index contributed by atoms with van der Waals surface area (Å²) in [7, 11) is 0. The lowest BCUT2D eigenvalue weighted by molar-refractivity contribution is 0.271. The van der Waals surface area contributed by atoms with Crippen molar-refractivity contribution in [2.45, 2.75) is 38.3 Å². The van der Waals surface area contributed by atoms with Gasteiger partial charge in [0.15, 0.2) is 0 Å². The van der Waals surface area contributed by atoms with Crippen LogP contribution in [0.25, 0.3) is 0 Å². The molecule has 3 nitrogen and oxygen atoms in total. The van der Waals surface area contributed by atoms with Gasteiger partial charge in [-0.2, -0.15) is 0 Å². The Morgan fingerprint density at radius 2 is 2.18 bits per heavy atom. The molecule has 17 heavy (non-hydrogen) atoms. The van der Waals surface area contributed by atoms with Crippen molar-refractivity contribution in [3.8, 4) is 0 Å². The normalized spacial score (nSPS) is 12.7. The first-order valence-corrected chi connectivity index (χ1v) is 7.06. The zero-order valence-electron chi connectivity index (χ0n) is 10.9. The van der Waals surface area contributed by atoms with Crippen molar-refractivity contribution in [1.82, 2.24) is 10.3 Å². The summed E-state index contributed by atoms with van der Waals surface area (Å²) >= 11 is 1.75. The lowest BCUT2D eigenvalue weighted by Gasteiger charge is -2.16. The van der Waals surface area contributed by atoms with E-state index in [2.05, 4.69) is 36.3 Å². The van der Waals surface area contributed by atoms with E-state index in [1.807, 2.05) is 6.92 Å². The third-order valence-electron chi connectivity index (χ3n) is 2.48. The number of nitrogens with zero attached hydrogens (tertiary/aromatic N) is 1. The predicted octanol–water partition coefficient (Wildman–Crippen LogP) is 2.15. The number of aliphatic hydroxyl groups excluding tert-OH is 1. The highest BCUT2D eigenvalue weighted by Crippen LogP contribution is 2.19. The summed E-state index contributed by atoms with van der Waals surface area (Å²) in [5, 5.41) is 13.4. The van der Waals surface area contributed by atoms with Crippen LogP contribution in [0.5, 0.6) is 0 Å². The maximum absolute atomic E-state index is 8.98. The number of nitrogens with one attached hydrogen (secondary N) is 1. The predicted molar refractivity (Wildman–Crippen MR) is 73.6 cm³/mol. The smallest absolute Gasteiger partial charge is 0.0966 e. The molecule has 0 bridgehead atoms. The van der Waals surface area contributed by atoms with Crippen LogP contribution in [0.15, 0.2) is 17.2 Å². The lowest BCUT2D eigenvalue weighted by atomic mass is 10.2. The molecular weight excluding hydrogens is 232 g/mol. The molecule has 0 saturated heterocycles. The summed E-state index contributed by atoms with van der Waals surface area (Å²) in [4.78, 5) is 4.50. The van der Waals surface area contributed by atoms with Crippen LogP contribution >= 0.6 is 11.8 Å².